The fourth-order valence-electron chi connectivity index (χ4n) is 7.85. The molecule has 3 saturated carbocycles. The van der Waals surface area contributed by atoms with E-state index in [0.29, 0.717) is 32.2 Å². The van der Waals surface area contributed by atoms with Crippen molar-refractivity contribution in [2.75, 3.05) is 12.3 Å². The van der Waals surface area contributed by atoms with E-state index in [-0.39, 0.29) is 35.5 Å². The maximum atomic E-state index is 14.5. The summed E-state index contributed by atoms with van der Waals surface area (Å²) in [5.41, 5.74) is -1.97. The van der Waals surface area contributed by atoms with Crippen LogP contribution >= 0.6 is 0 Å². The summed E-state index contributed by atoms with van der Waals surface area (Å²) in [4.78, 5) is 70.3. The number of hydrogen-bond donors (Lipinski definition) is 3. The molecule has 4 rings (SSSR count). The van der Waals surface area contributed by atoms with Gasteiger partial charge in [-0.2, -0.15) is 0 Å². The van der Waals surface area contributed by atoms with Crippen molar-refractivity contribution in [3.05, 3.63) is 0 Å². The van der Waals surface area contributed by atoms with Crippen molar-refractivity contribution in [1.29, 1.82) is 0 Å². The van der Waals surface area contributed by atoms with E-state index in [1.165, 1.54) is 4.90 Å². The minimum Gasteiger partial charge on any atom is -0.347 e. The predicted octanol–water partition coefficient (Wildman–Crippen LogP) is 4.71. The smallest absolute Gasteiger partial charge is 0.315 e. The topological polar surface area (TPSA) is 159 Å². The zero-order chi connectivity index (χ0) is 37.7. The van der Waals surface area contributed by atoms with E-state index >= 15 is 0 Å². The fraction of sp³-hybridized carbons (Fsp3) is 0.865. The van der Waals surface area contributed by atoms with Crippen molar-refractivity contribution in [3.63, 3.8) is 0 Å². The van der Waals surface area contributed by atoms with Gasteiger partial charge in [0.2, 0.25) is 11.7 Å². The van der Waals surface area contributed by atoms with E-state index in [2.05, 4.69) is 16.0 Å². The highest BCUT2D eigenvalue weighted by Gasteiger charge is 2.69. The number of piperidine rings is 1. The average Bonchev–Trinajstić information content (AvgIpc) is 3.84. The highest BCUT2D eigenvalue weighted by Crippen LogP contribution is 2.65. The van der Waals surface area contributed by atoms with Crippen LogP contribution in [0.15, 0.2) is 0 Å². The SMILES string of the molecule is [2H][C@](CCCC)(CC(=O)[C@@H]1[C@@H]2[C@H](CN1C(=O)[C@@H](NC(=O)NC1(CS(=O)(=O)C(C)(C)C)CCCCC1)C(C)(C)C)C2(C)C)C(=O)C(=O)NC1CC1. The van der Waals surface area contributed by atoms with Crippen molar-refractivity contribution in [1.82, 2.24) is 20.9 Å². The number of urea groups is 1. The lowest BCUT2D eigenvalue weighted by molar-refractivity contribution is -0.145. The molecule has 0 bridgehead atoms. The number of unbranched alkanes of at least 4 members (excludes halogenated alkanes) is 1. The van der Waals surface area contributed by atoms with Gasteiger partial charge in [0.15, 0.2) is 15.6 Å². The lowest BCUT2D eigenvalue weighted by Crippen LogP contribution is -2.63. The number of carbonyl (C=O) groups excluding carboxylic acids is 5. The Kier molecular flexibility index (Phi) is 11.0. The summed E-state index contributed by atoms with van der Waals surface area (Å²) in [6.45, 7) is 16.7. The number of ketones is 2. The summed E-state index contributed by atoms with van der Waals surface area (Å²) in [5, 5.41) is 8.55. The first kappa shape index (κ1) is 37.7. The van der Waals surface area contributed by atoms with E-state index in [4.69, 9.17) is 1.37 Å². The number of Topliss-reactive ketones (excluding diaryl/α,β-unsaturated/α-hetero) is 2. The normalized spacial score (nSPS) is 26.8. The Morgan fingerprint density at radius 2 is 1.59 bits per heavy atom. The molecule has 3 N–H and O–H groups in total. The molecule has 4 aliphatic rings. The fourth-order valence-corrected chi connectivity index (χ4v) is 9.37. The van der Waals surface area contributed by atoms with Crippen LogP contribution in [0, 0.1) is 28.6 Å². The minimum atomic E-state index is -3.57. The van der Waals surface area contributed by atoms with Crippen LogP contribution in [0.2, 0.25) is 0 Å². The molecule has 12 heteroatoms. The van der Waals surface area contributed by atoms with Gasteiger partial charge in [0.25, 0.3) is 5.91 Å². The van der Waals surface area contributed by atoms with Gasteiger partial charge in [0.1, 0.15) is 6.04 Å². The molecule has 49 heavy (non-hydrogen) atoms. The molecular weight excluding hydrogens is 644 g/mol. The summed E-state index contributed by atoms with van der Waals surface area (Å²) in [6, 6.07) is -2.65. The molecular formula is C37H62N4O7S. The second-order valence-corrected chi connectivity index (χ2v) is 20.7. The van der Waals surface area contributed by atoms with E-state index in [1.807, 2.05) is 41.5 Å². The molecule has 278 valence electrons. The van der Waals surface area contributed by atoms with Gasteiger partial charge in [-0.1, -0.05) is 73.6 Å². The number of carbonyl (C=O) groups is 5. The van der Waals surface area contributed by atoms with E-state index in [1.54, 1.807) is 20.8 Å². The Morgan fingerprint density at radius 1 is 0.980 bits per heavy atom. The van der Waals surface area contributed by atoms with Gasteiger partial charge < -0.3 is 20.9 Å². The van der Waals surface area contributed by atoms with Crippen molar-refractivity contribution in [2.24, 2.45) is 28.6 Å². The Balaban J connectivity index is 1.57. The number of sulfone groups is 1. The van der Waals surface area contributed by atoms with Gasteiger partial charge in [-0.25, -0.2) is 13.2 Å². The highest BCUT2D eigenvalue weighted by molar-refractivity contribution is 7.92. The summed E-state index contributed by atoms with van der Waals surface area (Å²) in [7, 11) is -3.57. The van der Waals surface area contributed by atoms with Gasteiger partial charge in [0.05, 0.1) is 22.1 Å². The molecule has 11 nitrogen and oxygen atoms in total. The molecule has 1 heterocycles. The quantitative estimate of drug-likeness (QED) is 0.221. The molecule has 5 atom stereocenters. The van der Waals surface area contributed by atoms with E-state index in [9.17, 15) is 32.4 Å². The van der Waals surface area contributed by atoms with Crippen LogP contribution in [0.4, 0.5) is 4.79 Å². The van der Waals surface area contributed by atoms with Crippen molar-refractivity contribution in [2.45, 2.75) is 161 Å². The molecule has 1 saturated heterocycles. The third-order valence-corrected chi connectivity index (χ3v) is 14.3. The number of rotatable bonds is 14. The van der Waals surface area contributed by atoms with Crippen LogP contribution in [0.1, 0.15) is 134 Å². The van der Waals surface area contributed by atoms with Gasteiger partial charge in [0, 0.05) is 26.3 Å². The van der Waals surface area contributed by atoms with Gasteiger partial charge in [-0.15, -0.1) is 0 Å². The Labute approximate surface area is 295 Å². The first-order chi connectivity index (χ1) is 22.9. The Hall–Kier alpha value is -2.50. The third-order valence-electron chi connectivity index (χ3n) is 11.5. The van der Waals surface area contributed by atoms with Crippen LogP contribution in [-0.2, 0) is 29.0 Å². The zero-order valence-corrected chi connectivity index (χ0v) is 32.1. The Morgan fingerprint density at radius 3 is 2.12 bits per heavy atom. The molecule has 0 aromatic heterocycles. The standard InChI is InChI=1S/C37H62N4O7S/c1-10-11-15-23(29(43)31(44)38-24-16-17-24)20-26(42)28-27-25(36(27,8)9)21-41(28)32(45)30(34(2,3)4)39-33(46)40-37(18-13-12-14-19-37)22-49(47,48)35(5,6)7/h23-25,27-28,30H,10-22H2,1-9H3,(H,38,44)(H2,39,40,46)/t23-,25-,27-,28+,30+/m0/s1/i23D. The number of amides is 4. The van der Waals surface area contributed by atoms with Crippen molar-refractivity contribution in [3.8, 4) is 0 Å². The summed E-state index contributed by atoms with van der Waals surface area (Å²) < 4.78 is 34.8. The van der Waals surface area contributed by atoms with Crippen LogP contribution in [0.5, 0.6) is 0 Å². The number of hydrogen-bond acceptors (Lipinski definition) is 7. The maximum Gasteiger partial charge on any atom is 0.315 e. The van der Waals surface area contributed by atoms with E-state index in [0.717, 1.165) is 32.1 Å². The van der Waals surface area contributed by atoms with Crippen molar-refractivity contribution >= 4 is 39.2 Å². The second kappa shape index (κ2) is 14.3. The third kappa shape index (κ3) is 8.87. The molecule has 0 aromatic carbocycles. The predicted molar refractivity (Wildman–Crippen MR) is 189 cm³/mol. The summed E-state index contributed by atoms with van der Waals surface area (Å²) in [5.74, 6) is -4.87. The van der Waals surface area contributed by atoms with Crippen molar-refractivity contribution < 1.29 is 33.8 Å². The molecule has 4 amide bonds. The zero-order valence-electron chi connectivity index (χ0n) is 32.3. The monoisotopic (exact) mass is 707 g/mol. The number of likely N-dealkylation sites (tertiary alicyclic amines) is 1. The molecule has 1 aliphatic heterocycles. The molecule has 0 unspecified atom stereocenters. The average molecular weight is 708 g/mol. The van der Waals surface area contributed by atoms with Crippen LogP contribution in [0.3, 0.4) is 0 Å². The van der Waals surface area contributed by atoms with Crippen LogP contribution < -0.4 is 16.0 Å². The molecule has 0 aromatic rings. The first-order valence-electron chi connectivity index (χ1n) is 18.9. The van der Waals surface area contributed by atoms with E-state index < -0.39 is 79.3 Å². The first-order valence-corrected chi connectivity index (χ1v) is 20.0. The minimum absolute atomic E-state index is 0.0348. The molecule has 0 radical (unpaired) electrons. The van der Waals surface area contributed by atoms with Crippen LogP contribution in [0.25, 0.3) is 0 Å². The number of nitrogens with one attached hydrogen (secondary N) is 3. The molecule has 0 spiro atoms. The maximum absolute atomic E-state index is 14.5. The number of nitrogens with zero attached hydrogens (tertiary/aromatic N) is 1. The summed E-state index contributed by atoms with van der Waals surface area (Å²) in [6.07, 6.45) is 5.85. The van der Waals surface area contributed by atoms with Crippen LogP contribution in [-0.4, -0.2) is 83.4 Å². The second-order valence-electron chi connectivity index (χ2n) is 17.9. The van der Waals surface area contributed by atoms with Gasteiger partial charge in [-0.05, 0) is 75.5 Å². The molecule has 4 fully saturated rings. The number of fused-ring (bicyclic) bond motifs is 1. The summed E-state index contributed by atoms with van der Waals surface area (Å²) >= 11 is 0. The van der Waals surface area contributed by atoms with Gasteiger partial charge >= 0.3 is 6.03 Å². The Bertz CT molecular complexity index is 1460. The molecule has 3 aliphatic carbocycles. The highest BCUT2D eigenvalue weighted by atomic mass is 32.2. The largest absolute Gasteiger partial charge is 0.347 e. The lowest BCUT2D eigenvalue weighted by Gasteiger charge is -2.41. The van der Waals surface area contributed by atoms with Gasteiger partial charge in [-0.3, -0.25) is 19.2 Å². The lowest BCUT2D eigenvalue weighted by atomic mass is 9.83.